The highest BCUT2D eigenvalue weighted by molar-refractivity contribution is 8.14. The lowest BCUT2D eigenvalue weighted by molar-refractivity contribution is 0.219. The molecule has 5 nitrogen and oxygen atoms in total. The zero-order valence-corrected chi connectivity index (χ0v) is 15.9. The smallest absolute Gasteiger partial charge is 0.164 e. The predicted octanol–water partition coefficient (Wildman–Crippen LogP) is 2.53. The van der Waals surface area contributed by atoms with Gasteiger partial charge in [0.1, 0.15) is 0 Å². The Hall–Kier alpha value is -1.05. The van der Waals surface area contributed by atoms with E-state index in [4.69, 9.17) is 9.73 Å². The summed E-state index contributed by atoms with van der Waals surface area (Å²) in [4.78, 5) is 6.81. The third-order valence-electron chi connectivity index (χ3n) is 4.46. The molecule has 0 N–H and O–H groups in total. The van der Waals surface area contributed by atoms with Crippen LogP contribution in [0.25, 0.3) is 0 Å². The van der Waals surface area contributed by atoms with Gasteiger partial charge in [-0.15, -0.1) is 0 Å². The summed E-state index contributed by atoms with van der Waals surface area (Å²) in [6.45, 7) is 4.98. The quantitative estimate of drug-likeness (QED) is 0.748. The van der Waals surface area contributed by atoms with Gasteiger partial charge in [0.25, 0.3) is 0 Å². The highest BCUT2D eigenvalue weighted by Crippen LogP contribution is 2.35. The Morgan fingerprint density at radius 1 is 1.29 bits per heavy atom. The number of rotatable bonds is 5. The van der Waals surface area contributed by atoms with Crippen LogP contribution in [0.3, 0.4) is 0 Å². The first-order valence-electron chi connectivity index (χ1n) is 8.20. The second kappa shape index (κ2) is 7.06. The molecule has 7 heteroatoms. The molecule has 24 heavy (non-hydrogen) atoms. The van der Waals surface area contributed by atoms with Gasteiger partial charge in [-0.05, 0) is 23.6 Å². The van der Waals surface area contributed by atoms with Crippen LogP contribution in [-0.2, 0) is 14.6 Å². The standard InChI is InChI=1S/C17H24N2O3S2/c1-12(2)13-4-6-14(7-5-13)19-16-11-24(20,21)10-15(16)18-17(19)23-9-8-22-3/h4-7,12,15-16H,8-11H2,1-3H3/t15-,16+/m0/s1. The van der Waals surface area contributed by atoms with Crippen LogP contribution >= 0.6 is 11.8 Å². The van der Waals surface area contributed by atoms with Crippen molar-refractivity contribution in [3.63, 3.8) is 0 Å². The van der Waals surface area contributed by atoms with Crippen molar-refractivity contribution in [3.05, 3.63) is 29.8 Å². The van der Waals surface area contributed by atoms with Gasteiger partial charge in [-0.25, -0.2) is 8.42 Å². The predicted molar refractivity (Wildman–Crippen MR) is 101 cm³/mol. The number of nitrogens with zero attached hydrogens (tertiary/aromatic N) is 2. The molecule has 0 radical (unpaired) electrons. The zero-order valence-electron chi connectivity index (χ0n) is 14.3. The average Bonchev–Trinajstić information content (AvgIpc) is 2.98. The third kappa shape index (κ3) is 3.63. The molecule has 2 aliphatic heterocycles. The second-order valence-electron chi connectivity index (χ2n) is 6.58. The van der Waals surface area contributed by atoms with Crippen molar-refractivity contribution >= 4 is 32.5 Å². The van der Waals surface area contributed by atoms with E-state index in [1.807, 2.05) is 0 Å². The van der Waals surface area contributed by atoms with Crippen LogP contribution in [0.4, 0.5) is 5.69 Å². The number of amidine groups is 1. The third-order valence-corrected chi connectivity index (χ3v) is 7.09. The Morgan fingerprint density at radius 3 is 2.62 bits per heavy atom. The van der Waals surface area contributed by atoms with E-state index in [-0.39, 0.29) is 23.6 Å². The minimum Gasteiger partial charge on any atom is -0.384 e. The van der Waals surface area contributed by atoms with E-state index in [1.54, 1.807) is 18.9 Å². The first-order valence-corrected chi connectivity index (χ1v) is 11.0. The van der Waals surface area contributed by atoms with E-state index in [2.05, 4.69) is 43.0 Å². The van der Waals surface area contributed by atoms with Gasteiger partial charge in [-0.2, -0.15) is 0 Å². The van der Waals surface area contributed by atoms with Crippen molar-refractivity contribution < 1.29 is 13.2 Å². The number of thioether (sulfide) groups is 1. The first kappa shape index (κ1) is 17.8. The number of fused-ring (bicyclic) bond motifs is 1. The van der Waals surface area contributed by atoms with Gasteiger partial charge in [0.2, 0.25) is 0 Å². The summed E-state index contributed by atoms with van der Waals surface area (Å²) in [7, 11) is -1.32. The van der Waals surface area contributed by atoms with Crippen molar-refractivity contribution in [2.75, 3.05) is 35.9 Å². The monoisotopic (exact) mass is 368 g/mol. The van der Waals surface area contributed by atoms with Gasteiger partial charge in [0, 0.05) is 18.6 Å². The van der Waals surface area contributed by atoms with Gasteiger partial charge in [-0.3, -0.25) is 4.99 Å². The largest absolute Gasteiger partial charge is 0.384 e. The van der Waals surface area contributed by atoms with Gasteiger partial charge in [0.05, 0.1) is 30.2 Å². The lowest BCUT2D eigenvalue weighted by Gasteiger charge is -2.26. The Balaban J connectivity index is 1.87. The number of methoxy groups -OCH3 is 1. The topological polar surface area (TPSA) is 59.0 Å². The maximum atomic E-state index is 12.0. The maximum Gasteiger partial charge on any atom is 0.164 e. The molecule has 3 rings (SSSR count). The van der Waals surface area contributed by atoms with E-state index in [0.717, 1.165) is 16.6 Å². The van der Waals surface area contributed by atoms with Crippen LogP contribution in [0, 0.1) is 0 Å². The molecule has 0 aromatic heterocycles. The van der Waals surface area contributed by atoms with Crippen LogP contribution in [0.15, 0.2) is 29.3 Å². The molecule has 2 heterocycles. The molecule has 2 atom stereocenters. The summed E-state index contributed by atoms with van der Waals surface area (Å²) in [5, 5.41) is 0.911. The fraction of sp³-hybridized carbons (Fsp3) is 0.588. The molecule has 0 amide bonds. The van der Waals surface area contributed by atoms with Gasteiger partial charge < -0.3 is 9.64 Å². The summed E-state index contributed by atoms with van der Waals surface area (Å²) in [6, 6.07) is 8.17. The van der Waals surface area contributed by atoms with Gasteiger partial charge in [0.15, 0.2) is 15.0 Å². The van der Waals surface area contributed by atoms with Gasteiger partial charge in [-0.1, -0.05) is 37.7 Å². The maximum absolute atomic E-state index is 12.0. The number of benzene rings is 1. The van der Waals surface area contributed by atoms with E-state index < -0.39 is 9.84 Å². The lowest BCUT2D eigenvalue weighted by atomic mass is 10.0. The van der Waals surface area contributed by atoms with E-state index in [0.29, 0.717) is 12.5 Å². The normalized spacial score (nSPS) is 25.2. The molecule has 1 aromatic carbocycles. The molecule has 0 bridgehead atoms. The molecule has 0 spiro atoms. The van der Waals surface area contributed by atoms with Crippen molar-refractivity contribution in [1.29, 1.82) is 0 Å². The zero-order chi connectivity index (χ0) is 17.3. The lowest BCUT2D eigenvalue weighted by Crippen LogP contribution is -2.39. The number of aliphatic imine (C=N–C) groups is 1. The summed E-state index contributed by atoms with van der Waals surface area (Å²) < 4.78 is 29.1. The van der Waals surface area contributed by atoms with Crippen LogP contribution in [-0.4, -0.2) is 56.6 Å². The molecular weight excluding hydrogens is 344 g/mol. The van der Waals surface area contributed by atoms with Crippen LogP contribution in [0.1, 0.15) is 25.3 Å². The second-order valence-corrected chi connectivity index (χ2v) is 9.80. The highest BCUT2D eigenvalue weighted by atomic mass is 32.2. The molecule has 2 aliphatic rings. The highest BCUT2D eigenvalue weighted by Gasteiger charge is 2.47. The molecule has 0 aliphatic carbocycles. The molecule has 1 aromatic rings. The van der Waals surface area contributed by atoms with Crippen LogP contribution < -0.4 is 4.90 Å². The molecule has 132 valence electrons. The summed E-state index contributed by atoms with van der Waals surface area (Å²) in [6.07, 6.45) is 0. The average molecular weight is 369 g/mol. The fourth-order valence-electron chi connectivity index (χ4n) is 3.17. The number of anilines is 1. The summed E-state index contributed by atoms with van der Waals surface area (Å²) >= 11 is 1.64. The molecule has 1 saturated heterocycles. The Kier molecular flexibility index (Phi) is 5.22. The van der Waals surface area contributed by atoms with Crippen LogP contribution in [0.5, 0.6) is 0 Å². The molecule has 0 saturated carbocycles. The number of sulfone groups is 1. The first-order chi connectivity index (χ1) is 11.4. The van der Waals surface area contributed by atoms with E-state index in [1.165, 1.54) is 5.56 Å². The van der Waals surface area contributed by atoms with E-state index in [9.17, 15) is 8.42 Å². The number of hydrogen-bond donors (Lipinski definition) is 0. The SMILES string of the molecule is COCCSC1=N[C@H]2CS(=O)(=O)C[C@H]2N1c1ccc(C(C)C)cc1. The number of hydrogen-bond acceptors (Lipinski definition) is 6. The Bertz CT molecular complexity index is 714. The van der Waals surface area contributed by atoms with Crippen molar-refractivity contribution in [1.82, 2.24) is 0 Å². The van der Waals surface area contributed by atoms with E-state index >= 15 is 0 Å². The van der Waals surface area contributed by atoms with Crippen molar-refractivity contribution in [3.8, 4) is 0 Å². The fourth-order valence-corrected chi connectivity index (χ4v) is 6.04. The minimum atomic E-state index is -3.00. The minimum absolute atomic E-state index is 0.0788. The summed E-state index contributed by atoms with van der Waals surface area (Å²) in [5.41, 5.74) is 2.30. The molecule has 0 unspecified atom stereocenters. The molecule has 1 fully saturated rings. The summed E-state index contributed by atoms with van der Waals surface area (Å²) in [5.74, 6) is 1.62. The van der Waals surface area contributed by atoms with Crippen LogP contribution in [0.2, 0.25) is 0 Å². The molecular formula is C17H24N2O3S2. The van der Waals surface area contributed by atoms with Crippen molar-refractivity contribution in [2.24, 2.45) is 4.99 Å². The van der Waals surface area contributed by atoms with Crippen molar-refractivity contribution in [2.45, 2.75) is 31.8 Å². The van der Waals surface area contributed by atoms with Gasteiger partial charge >= 0.3 is 0 Å². The Labute approximate surface area is 148 Å². The number of ether oxygens (including phenoxy) is 1. The Morgan fingerprint density at radius 2 is 2.00 bits per heavy atom.